The first-order valence-corrected chi connectivity index (χ1v) is 12.3. The summed E-state index contributed by atoms with van der Waals surface area (Å²) < 4.78 is 34.1. The maximum Gasteiger partial charge on any atom is 0.214 e. The molecule has 7 nitrogen and oxygen atoms in total. The third-order valence-corrected chi connectivity index (χ3v) is 7.87. The van der Waals surface area contributed by atoms with Crippen molar-refractivity contribution in [1.82, 2.24) is 19.3 Å². The zero-order valence-corrected chi connectivity index (χ0v) is 17.9. The normalized spacial score (nSPS) is 20.0. The number of rotatable bonds is 8. The van der Waals surface area contributed by atoms with Crippen molar-refractivity contribution in [3.8, 4) is 5.75 Å². The van der Waals surface area contributed by atoms with Gasteiger partial charge in [-0.2, -0.15) is 0 Å². The van der Waals surface area contributed by atoms with E-state index in [0.29, 0.717) is 32.7 Å². The standard InChI is InChI=1S/C21H30N4O3S/c1-2-11-29(26,27)25-10-4-5-17(14-25)13-24-15-20(22-23-24)16-28-21-9-8-18-6-3-7-19(18)12-21/h8-9,12,15,17H,2-7,10-11,13-14,16H2,1H3. The molecule has 2 heterocycles. The molecule has 0 N–H and O–H groups in total. The van der Waals surface area contributed by atoms with Crippen molar-refractivity contribution in [3.63, 3.8) is 0 Å². The zero-order valence-electron chi connectivity index (χ0n) is 17.1. The fourth-order valence-corrected chi connectivity index (χ4v) is 5.99. The van der Waals surface area contributed by atoms with Gasteiger partial charge in [0.25, 0.3) is 0 Å². The van der Waals surface area contributed by atoms with Crippen molar-refractivity contribution < 1.29 is 13.2 Å². The van der Waals surface area contributed by atoms with E-state index in [4.69, 9.17) is 4.74 Å². The molecule has 0 amide bonds. The first-order chi connectivity index (χ1) is 14.0. The molecule has 0 spiro atoms. The molecule has 1 aliphatic heterocycles. The van der Waals surface area contributed by atoms with E-state index < -0.39 is 10.0 Å². The van der Waals surface area contributed by atoms with Crippen molar-refractivity contribution in [3.05, 3.63) is 41.2 Å². The number of fused-ring (bicyclic) bond motifs is 1. The molecule has 158 valence electrons. The van der Waals surface area contributed by atoms with Crippen molar-refractivity contribution >= 4 is 10.0 Å². The molecule has 1 unspecified atom stereocenters. The van der Waals surface area contributed by atoms with Gasteiger partial charge in [0.1, 0.15) is 18.1 Å². The van der Waals surface area contributed by atoms with Crippen LogP contribution in [0.4, 0.5) is 0 Å². The van der Waals surface area contributed by atoms with Crippen LogP contribution in [0.15, 0.2) is 24.4 Å². The van der Waals surface area contributed by atoms with Gasteiger partial charge < -0.3 is 4.74 Å². The molecule has 0 saturated carbocycles. The lowest BCUT2D eigenvalue weighted by Crippen LogP contribution is -2.42. The fraction of sp³-hybridized carbons (Fsp3) is 0.619. The highest BCUT2D eigenvalue weighted by Crippen LogP contribution is 2.26. The molecule has 1 aromatic heterocycles. The van der Waals surface area contributed by atoms with E-state index in [1.807, 2.05) is 23.9 Å². The number of hydrogen-bond donors (Lipinski definition) is 0. The lowest BCUT2D eigenvalue weighted by Gasteiger charge is -2.31. The molecule has 8 heteroatoms. The lowest BCUT2D eigenvalue weighted by molar-refractivity contribution is 0.238. The Bertz CT molecular complexity index is 941. The average Bonchev–Trinajstić information content (AvgIpc) is 3.35. The predicted molar refractivity (Wildman–Crippen MR) is 111 cm³/mol. The van der Waals surface area contributed by atoms with Gasteiger partial charge in [-0.3, -0.25) is 4.68 Å². The number of ether oxygens (including phenoxy) is 1. The van der Waals surface area contributed by atoms with Crippen LogP contribution in [0.5, 0.6) is 5.75 Å². The minimum Gasteiger partial charge on any atom is -0.487 e. The van der Waals surface area contributed by atoms with E-state index in [9.17, 15) is 8.42 Å². The second-order valence-corrected chi connectivity index (χ2v) is 10.3. The number of benzene rings is 1. The second kappa shape index (κ2) is 8.83. The Labute approximate surface area is 173 Å². The van der Waals surface area contributed by atoms with Crippen LogP contribution in [0.25, 0.3) is 0 Å². The van der Waals surface area contributed by atoms with Gasteiger partial charge >= 0.3 is 0 Å². The molecule has 29 heavy (non-hydrogen) atoms. The molecule has 0 bridgehead atoms. The zero-order chi connectivity index (χ0) is 20.3. The van der Waals surface area contributed by atoms with Crippen molar-refractivity contribution in [2.45, 2.75) is 58.6 Å². The molecular weight excluding hydrogens is 388 g/mol. The topological polar surface area (TPSA) is 77.3 Å². The van der Waals surface area contributed by atoms with Gasteiger partial charge in [0.2, 0.25) is 10.0 Å². The fourth-order valence-electron chi connectivity index (χ4n) is 4.37. The summed E-state index contributed by atoms with van der Waals surface area (Å²) in [6.45, 7) is 4.18. The van der Waals surface area contributed by atoms with Gasteiger partial charge in [0.05, 0.1) is 11.9 Å². The van der Waals surface area contributed by atoms with Crippen molar-refractivity contribution in [2.24, 2.45) is 5.92 Å². The van der Waals surface area contributed by atoms with E-state index in [1.54, 1.807) is 4.31 Å². The minimum atomic E-state index is -3.13. The molecule has 2 aliphatic rings. The Morgan fingerprint density at radius 1 is 1.21 bits per heavy atom. The van der Waals surface area contributed by atoms with Crippen molar-refractivity contribution in [1.29, 1.82) is 0 Å². The van der Waals surface area contributed by atoms with Crippen LogP contribution in [-0.2, 0) is 36.0 Å². The molecule has 1 atom stereocenters. The molecule has 0 radical (unpaired) electrons. The number of sulfonamides is 1. The van der Waals surface area contributed by atoms with Gasteiger partial charge in [0.15, 0.2) is 0 Å². The second-order valence-electron chi connectivity index (χ2n) is 8.19. The molecule has 1 aliphatic carbocycles. The van der Waals surface area contributed by atoms with E-state index in [2.05, 4.69) is 22.4 Å². The Kier molecular flexibility index (Phi) is 6.20. The largest absolute Gasteiger partial charge is 0.487 e. The van der Waals surface area contributed by atoms with E-state index in [1.165, 1.54) is 24.0 Å². The molecule has 4 rings (SSSR count). The Hall–Kier alpha value is -1.93. The summed E-state index contributed by atoms with van der Waals surface area (Å²) in [5.41, 5.74) is 3.62. The van der Waals surface area contributed by atoms with E-state index in [0.717, 1.165) is 30.7 Å². The van der Waals surface area contributed by atoms with Gasteiger partial charge in [-0.25, -0.2) is 12.7 Å². The summed E-state index contributed by atoms with van der Waals surface area (Å²) in [4.78, 5) is 0. The number of nitrogens with zero attached hydrogens (tertiary/aromatic N) is 4. The third-order valence-electron chi connectivity index (χ3n) is 5.83. The predicted octanol–water partition coefficient (Wildman–Crippen LogP) is 2.80. The monoisotopic (exact) mass is 418 g/mol. The highest BCUT2D eigenvalue weighted by molar-refractivity contribution is 7.89. The van der Waals surface area contributed by atoms with Crippen molar-refractivity contribution in [2.75, 3.05) is 18.8 Å². The van der Waals surface area contributed by atoms with E-state index in [-0.39, 0.29) is 11.7 Å². The maximum absolute atomic E-state index is 12.4. The number of aromatic nitrogens is 3. The van der Waals surface area contributed by atoms with Crippen LogP contribution in [0.1, 0.15) is 49.4 Å². The van der Waals surface area contributed by atoms with Crippen LogP contribution in [-0.4, -0.2) is 46.6 Å². The summed E-state index contributed by atoms with van der Waals surface area (Å²) in [7, 11) is -3.13. The van der Waals surface area contributed by atoms with Crippen LogP contribution >= 0.6 is 0 Å². The smallest absolute Gasteiger partial charge is 0.214 e. The Morgan fingerprint density at radius 3 is 2.93 bits per heavy atom. The van der Waals surface area contributed by atoms with Gasteiger partial charge in [-0.1, -0.05) is 18.2 Å². The van der Waals surface area contributed by atoms with Gasteiger partial charge in [0, 0.05) is 19.6 Å². The first-order valence-electron chi connectivity index (χ1n) is 10.6. The molecule has 1 fully saturated rings. The Balaban J connectivity index is 1.31. The molecule has 1 aromatic carbocycles. The summed E-state index contributed by atoms with van der Waals surface area (Å²) >= 11 is 0. The summed E-state index contributed by atoms with van der Waals surface area (Å²) in [6, 6.07) is 6.33. The number of hydrogen-bond acceptors (Lipinski definition) is 5. The number of aryl methyl sites for hydroxylation is 2. The summed E-state index contributed by atoms with van der Waals surface area (Å²) in [5, 5.41) is 8.45. The number of piperidine rings is 1. The van der Waals surface area contributed by atoms with Crippen LogP contribution in [0.2, 0.25) is 0 Å². The summed E-state index contributed by atoms with van der Waals surface area (Å²) in [6.07, 6.45) is 8.01. The average molecular weight is 419 g/mol. The molecule has 1 saturated heterocycles. The molecular formula is C21H30N4O3S. The quantitative estimate of drug-likeness (QED) is 0.659. The first kappa shape index (κ1) is 20.3. The van der Waals surface area contributed by atoms with Gasteiger partial charge in [-0.05, 0) is 67.7 Å². The Morgan fingerprint density at radius 2 is 2.07 bits per heavy atom. The van der Waals surface area contributed by atoms with E-state index >= 15 is 0 Å². The maximum atomic E-state index is 12.4. The third kappa shape index (κ3) is 4.98. The SMILES string of the molecule is CCCS(=O)(=O)N1CCCC(Cn2cc(COc3ccc4c(c3)CCC4)nn2)C1. The molecule has 2 aromatic rings. The summed E-state index contributed by atoms with van der Waals surface area (Å²) in [5.74, 6) is 1.37. The van der Waals surface area contributed by atoms with Gasteiger partial charge in [-0.15, -0.1) is 5.10 Å². The highest BCUT2D eigenvalue weighted by atomic mass is 32.2. The van der Waals surface area contributed by atoms with Crippen LogP contribution in [0, 0.1) is 5.92 Å². The lowest BCUT2D eigenvalue weighted by atomic mass is 10.00. The van der Waals surface area contributed by atoms with Crippen LogP contribution in [0.3, 0.4) is 0 Å². The van der Waals surface area contributed by atoms with Crippen LogP contribution < -0.4 is 4.74 Å². The highest BCUT2D eigenvalue weighted by Gasteiger charge is 2.28. The minimum absolute atomic E-state index is 0.229.